The Morgan fingerprint density at radius 3 is 1.64 bits per heavy atom. The Balaban J connectivity index is 0.000000187. The van der Waals surface area contributed by atoms with Crippen LogP contribution in [0.1, 0.15) is 0 Å². The van der Waals surface area contributed by atoms with Crippen LogP contribution in [0.3, 0.4) is 0 Å². The van der Waals surface area contributed by atoms with Crippen molar-refractivity contribution >= 4 is 11.8 Å². The second-order valence-corrected chi connectivity index (χ2v) is 1.88. The summed E-state index contributed by atoms with van der Waals surface area (Å²) in [5.74, 6) is 0. The molecule has 0 aromatic carbocycles. The van der Waals surface area contributed by atoms with Crippen LogP contribution in [0.15, 0.2) is 30.6 Å². The van der Waals surface area contributed by atoms with Gasteiger partial charge in [-0.15, -0.1) is 0 Å². The lowest BCUT2D eigenvalue weighted by Crippen LogP contribution is -1.58. The minimum atomic E-state index is 0.574. The first-order valence-electron chi connectivity index (χ1n) is 2.71. The lowest BCUT2D eigenvalue weighted by molar-refractivity contribution is 1.33. The Labute approximate surface area is 69.3 Å². The predicted molar refractivity (Wildman–Crippen MR) is 43.1 cm³/mol. The monoisotopic (exact) mass is 163 g/mol. The van der Waals surface area contributed by atoms with Crippen LogP contribution < -0.4 is 0 Å². The third-order valence-electron chi connectivity index (χ3n) is 0.658. The van der Waals surface area contributed by atoms with Crippen LogP contribution in [0, 0.1) is 21.3 Å². The van der Waals surface area contributed by atoms with Crippen molar-refractivity contribution in [2.24, 2.45) is 0 Å². The van der Waals surface area contributed by atoms with Gasteiger partial charge in [-0.2, -0.15) is 10.5 Å². The molecule has 0 spiro atoms. The number of nitrogens with zero attached hydrogens (tertiary/aromatic N) is 3. The lowest BCUT2D eigenvalue weighted by Gasteiger charge is -1.70. The van der Waals surface area contributed by atoms with Gasteiger partial charge in [-0.05, 0) is 12.1 Å². The normalized spacial score (nSPS) is 6.36. The van der Waals surface area contributed by atoms with Gasteiger partial charge in [0.1, 0.15) is 10.8 Å². The van der Waals surface area contributed by atoms with Gasteiger partial charge in [0.2, 0.25) is 0 Å². The standard InChI is InChI=1S/C5H5N.C2N2S/c1-2-4-6-5-3-1;3-1-5-2-4/h1-5H;. The van der Waals surface area contributed by atoms with E-state index in [0.717, 1.165) is 0 Å². The molecule has 0 saturated carbocycles. The molecule has 0 aliphatic heterocycles. The number of aromatic nitrogens is 1. The number of pyridine rings is 1. The molecule has 4 heteroatoms. The second-order valence-electron chi connectivity index (χ2n) is 1.31. The van der Waals surface area contributed by atoms with Gasteiger partial charge in [0, 0.05) is 12.4 Å². The SMILES string of the molecule is N#CSC#N.c1ccncc1. The summed E-state index contributed by atoms with van der Waals surface area (Å²) in [5, 5.41) is 18.3. The van der Waals surface area contributed by atoms with E-state index in [0.29, 0.717) is 11.8 Å². The maximum Gasteiger partial charge on any atom is 0.149 e. The van der Waals surface area contributed by atoms with Gasteiger partial charge in [0.15, 0.2) is 0 Å². The molecule has 0 saturated heterocycles. The van der Waals surface area contributed by atoms with E-state index in [1.807, 2.05) is 18.2 Å². The van der Waals surface area contributed by atoms with Gasteiger partial charge in [0.25, 0.3) is 0 Å². The quantitative estimate of drug-likeness (QED) is 0.547. The second kappa shape index (κ2) is 8.48. The summed E-state index contributed by atoms with van der Waals surface area (Å²) in [4.78, 5) is 3.78. The molecule has 3 nitrogen and oxygen atoms in total. The number of thiocyanates is 2. The minimum Gasteiger partial charge on any atom is -0.265 e. The zero-order valence-electron chi connectivity index (χ0n) is 5.64. The third-order valence-corrected chi connectivity index (χ3v) is 0.840. The van der Waals surface area contributed by atoms with Crippen LogP contribution in [0.25, 0.3) is 0 Å². The molecule has 1 aromatic rings. The fraction of sp³-hybridized carbons (Fsp3) is 0. The number of nitriles is 2. The van der Waals surface area contributed by atoms with Gasteiger partial charge in [0.05, 0.1) is 11.8 Å². The number of rotatable bonds is 0. The summed E-state index contributed by atoms with van der Waals surface area (Å²) in [5.41, 5.74) is 0. The van der Waals surface area contributed by atoms with Crippen LogP contribution in [0.5, 0.6) is 0 Å². The molecule has 0 fully saturated rings. The Morgan fingerprint density at radius 2 is 1.55 bits per heavy atom. The van der Waals surface area contributed by atoms with Crippen molar-refractivity contribution in [2.45, 2.75) is 0 Å². The first-order valence-corrected chi connectivity index (χ1v) is 3.52. The summed E-state index contributed by atoms with van der Waals surface area (Å²) in [6.45, 7) is 0. The molecule has 0 bridgehead atoms. The van der Waals surface area contributed by atoms with Gasteiger partial charge in [-0.3, -0.25) is 4.98 Å². The van der Waals surface area contributed by atoms with E-state index in [4.69, 9.17) is 10.5 Å². The number of hydrogen-bond donors (Lipinski definition) is 0. The van der Waals surface area contributed by atoms with Gasteiger partial charge in [-0.1, -0.05) is 6.07 Å². The highest BCUT2D eigenvalue weighted by Crippen LogP contribution is 1.85. The maximum atomic E-state index is 7.56. The first kappa shape index (κ1) is 9.48. The molecule has 0 atom stereocenters. The fourth-order valence-corrected chi connectivity index (χ4v) is 0.374. The largest absolute Gasteiger partial charge is 0.265 e. The van der Waals surface area contributed by atoms with E-state index < -0.39 is 0 Å². The molecular formula is C7H5N3S. The summed E-state index contributed by atoms with van der Waals surface area (Å²) < 4.78 is 0. The lowest BCUT2D eigenvalue weighted by atomic mass is 10.5. The van der Waals surface area contributed by atoms with Gasteiger partial charge in [-0.25, -0.2) is 0 Å². The zero-order chi connectivity index (χ0) is 8.36. The van der Waals surface area contributed by atoms with E-state index in [-0.39, 0.29) is 0 Å². The Kier molecular flexibility index (Phi) is 7.31. The molecule has 11 heavy (non-hydrogen) atoms. The molecule has 0 N–H and O–H groups in total. The zero-order valence-corrected chi connectivity index (χ0v) is 6.45. The smallest absolute Gasteiger partial charge is 0.149 e. The van der Waals surface area contributed by atoms with Crippen LogP contribution in [0.2, 0.25) is 0 Å². The summed E-state index contributed by atoms with van der Waals surface area (Å²) in [7, 11) is 0. The van der Waals surface area contributed by atoms with Crippen molar-refractivity contribution < 1.29 is 0 Å². The van der Waals surface area contributed by atoms with Gasteiger partial charge < -0.3 is 0 Å². The van der Waals surface area contributed by atoms with Crippen LogP contribution in [0.4, 0.5) is 0 Å². The average Bonchev–Trinajstić information content (AvgIpc) is 2.10. The van der Waals surface area contributed by atoms with Gasteiger partial charge >= 0.3 is 0 Å². The summed E-state index contributed by atoms with van der Waals surface area (Å²) in [6, 6.07) is 5.72. The summed E-state index contributed by atoms with van der Waals surface area (Å²) >= 11 is 0.574. The highest BCUT2D eigenvalue weighted by Gasteiger charge is 1.62. The van der Waals surface area contributed by atoms with E-state index in [2.05, 4.69) is 4.98 Å². The van der Waals surface area contributed by atoms with Crippen molar-refractivity contribution in [3.8, 4) is 10.8 Å². The van der Waals surface area contributed by atoms with Crippen molar-refractivity contribution in [3.63, 3.8) is 0 Å². The minimum absolute atomic E-state index is 0.574. The molecule has 0 aliphatic rings. The van der Waals surface area contributed by atoms with Crippen molar-refractivity contribution in [1.29, 1.82) is 10.5 Å². The molecular weight excluding hydrogens is 158 g/mol. The average molecular weight is 163 g/mol. The Morgan fingerprint density at radius 1 is 1.00 bits per heavy atom. The highest BCUT2D eigenvalue weighted by molar-refractivity contribution is 8.07. The number of hydrogen-bond acceptors (Lipinski definition) is 4. The molecule has 0 amide bonds. The molecule has 1 aromatic heterocycles. The van der Waals surface area contributed by atoms with E-state index in [1.54, 1.807) is 23.2 Å². The molecule has 0 radical (unpaired) electrons. The molecule has 0 aliphatic carbocycles. The summed E-state index contributed by atoms with van der Waals surface area (Å²) in [6.07, 6.45) is 3.50. The molecule has 54 valence electrons. The third kappa shape index (κ3) is 8.48. The van der Waals surface area contributed by atoms with Crippen LogP contribution >= 0.6 is 11.8 Å². The first-order chi connectivity index (χ1) is 5.41. The topological polar surface area (TPSA) is 60.5 Å². The van der Waals surface area contributed by atoms with Crippen molar-refractivity contribution in [1.82, 2.24) is 4.98 Å². The Bertz CT molecular complexity index is 208. The highest BCUT2D eigenvalue weighted by atomic mass is 32.2. The van der Waals surface area contributed by atoms with Crippen molar-refractivity contribution in [3.05, 3.63) is 30.6 Å². The van der Waals surface area contributed by atoms with E-state index in [1.165, 1.54) is 0 Å². The molecule has 0 unspecified atom stereocenters. The Hall–Kier alpha value is -1.52. The maximum absolute atomic E-state index is 7.56. The van der Waals surface area contributed by atoms with Crippen molar-refractivity contribution in [2.75, 3.05) is 0 Å². The fourth-order valence-electron chi connectivity index (χ4n) is 0.333. The van der Waals surface area contributed by atoms with E-state index >= 15 is 0 Å². The number of thioether (sulfide) groups is 1. The van der Waals surface area contributed by atoms with Crippen LogP contribution in [-0.4, -0.2) is 4.98 Å². The predicted octanol–water partition coefficient (Wildman–Crippen LogP) is 1.76. The van der Waals surface area contributed by atoms with Crippen LogP contribution in [-0.2, 0) is 0 Å². The van der Waals surface area contributed by atoms with E-state index in [9.17, 15) is 0 Å². The molecule has 1 rings (SSSR count). The molecule has 1 heterocycles.